The van der Waals surface area contributed by atoms with Crippen LogP contribution in [0.5, 0.6) is 0 Å². The van der Waals surface area contributed by atoms with Gasteiger partial charge < -0.3 is 5.32 Å². The van der Waals surface area contributed by atoms with E-state index in [9.17, 15) is 4.39 Å². The van der Waals surface area contributed by atoms with Crippen molar-refractivity contribution < 1.29 is 4.39 Å². The fourth-order valence-electron chi connectivity index (χ4n) is 2.13. The highest BCUT2D eigenvalue weighted by molar-refractivity contribution is 5.61. The fraction of sp³-hybridized carbons (Fsp3) is 0.118. The van der Waals surface area contributed by atoms with Gasteiger partial charge >= 0.3 is 0 Å². The van der Waals surface area contributed by atoms with Gasteiger partial charge in [-0.25, -0.2) is 14.4 Å². The van der Waals surface area contributed by atoms with E-state index in [0.29, 0.717) is 17.2 Å². The molecule has 0 unspecified atom stereocenters. The summed E-state index contributed by atoms with van der Waals surface area (Å²) in [6, 6.07) is 10.4. The number of rotatable bonds is 3. The highest BCUT2D eigenvalue weighted by Crippen LogP contribution is 2.21. The van der Waals surface area contributed by atoms with E-state index >= 15 is 0 Å². The Balaban J connectivity index is 1.94. The average Bonchev–Trinajstić information content (AvgIpc) is 2.51. The van der Waals surface area contributed by atoms with Gasteiger partial charge in [0.15, 0.2) is 5.82 Å². The molecule has 5 heteroatoms. The molecule has 0 saturated carbocycles. The van der Waals surface area contributed by atoms with E-state index < -0.39 is 0 Å². The molecule has 4 nitrogen and oxygen atoms in total. The molecule has 1 N–H and O–H groups in total. The topological polar surface area (TPSA) is 50.7 Å². The second kappa shape index (κ2) is 5.89. The summed E-state index contributed by atoms with van der Waals surface area (Å²) in [5.41, 5.74) is 3.13. The van der Waals surface area contributed by atoms with Crippen LogP contribution in [0.15, 0.2) is 48.8 Å². The van der Waals surface area contributed by atoms with Crippen molar-refractivity contribution in [3.63, 3.8) is 0 Å². The Kier molecular flexibility index (Phi) is 3.78. The molecule has 0 aliphatic rings. The summed E-state index contributed by atoms with van der Waals surface area (Å²) in [5.74, 6) is 1.08. The van der Waals surface area contributed by atoms with Crippen LogP contribution < -0.4 is 5.32 Å². The van der Waals surface area contributed by atoms with Crippen molar-refractivity contribution in [3.8, 4) is 11.4 Å². The Labute approximate surface area is 128 Å². The van der Waals surface area contributed by atoms with E-state index in [1.54, 1.807) is 31.5 Å². The first-order valence-corrected chi connectivity index (χ1v) is 6.91. The SMILES string of the molecule is Cc1cc(Nc2ccc(F)c(C)c2)nc(-c2ccncc2)n1. The Morgan fingerprint density at radius 3 is 2.45 bits per heavy atom. The van der Waals surface area contributed by atoms with Crippen molar-refractivity contribution in [2.75, 3.05) is 5.32 Å². The Bertz CT molecular complexity index is 803. The zero-order valence-corrected chi connectivity index (χ0v) is 12.3. The van der Waals surface area contributed by atoms with Gasteiger partial charge in [-0.2, -0.15) is 0 Å². The molecule has 0 spiro atoms. The molecule has 0 saturated heterocycles. The van der Waals surface area contributed by atoms with Crippen LogP contribution in [0, 0.1) is 19.7 Å². The van der Waals surface area contributed by atoms with Gasteiger partial charge in [-0.15, -0.1) is 0 Å². The van der Waals surface area contributed by atoms with Gasteiger partial charge in [-0.3, -0.25) is 4.98 Å². The molecule has 0 radical (unpaired) electrons. The second-order valence-corrected chi connectivity index (χ2v) is 5.04. The summed E-state index contributed by atoms with van der Waals surface area (Å²) in [4.78, 5) is 12.9. The molecule has 0 bridgehead atoms. The van der Waals surface area contributed by atoms with Gasteiger partial charge in [-0.05, 0) is 49.7 Å². The number of halogens is 1. The van der Waals surface area contributed by atoms with Crippen molar-refractivity contribution >= 4 is 11.5 Å². The fourth-order valence-corrected chi connectivity index (χ4v) is 2.13. The number of hydrogen-bond acceptors (Lipinski definition) is 4. The molecule has 0 aliphatic heterocycles. The Morgan fingerprint density at radius 1 is 0.955 bits per heavy atom. The Morgan fingerprint density at radius 2 is 1.73 bits per heavy atom. The third kappa shape index (κ3) is 3.09. The van der Waals surface area contributed by atoms with E-state index in [1.807, 2.05) is 25.1 Å². The molecule has 22 heavy (non-hydrogen) atoms. The molecule has 1 aromatic carbocycles. The first kappa shape index (κ1) is 14.1. The standard InChI is InChI=1S/C17H15FN4/c1-11-9-14(3-4-15(11)18)21-16-10-12(2)20-17(22-16)13-5-7-19-8-6-13/h3-10H,1-2H3,(H,20,21,22). The summed E-state index contributed by atoms with van der Waals surface area (Å²) in [7, 11) is 0. The summed E-state index contributed by atoms with van der Waals surface area (Å²) >= 11 is 0. The second-order valence-electron chi connectivity index (χ2n) is 5.04. The molecule has 0 amide bonds. The predicted molar refractivity (Wildman–Crippen MR) is 84.4 cm³/mol. The third-order valence-corrected chi connectivity index (χ3v) is 3.22. The van der Waals surface area contributed by atoms with E-state index in [1.165, 1.54) is 6.07 Å². The van der Waals surface area contributed by atoms with E-state index in [2.05, 4.69) is 20.3 Å². The van der Waals surface area contributed by atoms with Gasteiger partial charge in [0.05, 0.1) is 0 Å². The molecule has 0 aliphatic carbocycles. The van der Waals surface area contributed by atoms with Crippen LogP contribution in [0.3, 0.4) is 0 Å². The molecule has 3 rings (SSSR count). The normalized spacial score (nSPS) is 10.5. The largest absolute Gasteiger partial charge is 0.340 e. The van der Waals surface area contributed by atoms with Crippen LogP contribution in [0.25, 0.3) is 11.4 Å². The maximum absolute atomic E-state index is 13.3. The number of nitrogens with one attached hydrogen (secondary N) is 1. The summed E-state index contributed by atoms with van der Waals surface area (Å²) < 4.78 is 13.3. The number of pyridine rings is 1. The quantitative estimate of drug-likeness (QED) is 0.792. The number of benzene rings is 1. The first-order chi connectivity index (χ1) is 10.6. The van der Waals surface area contributed by atoms with Crippen molar-refractivity contribution in [1.29, 1.82) is 0 Å². The van der Waals surface area contributed by atoms with Crippen LogP contribution in [0.4, 0.5) is 15.9 Å². The van der Waals surface area contributed by atoms with Crippen LogP contribution in [-0.4, -0.2) is 15.0 Å². The van der Waals surface area contributed by atoms with Crippen LogP contribution >= 0.6 is 0 Å². The zero-order chi connectivity index (χ0) is 15.5. The minimum absolute atomic E-state index is 0.220. The van der Waals surface area contributed by atoms with E-state index in [-0.39, 0.29) is 5.82 Å². The average molecular weight is 294 g/mol. The number of aryl methyl sites for hydroxylation is 2. The number of aromatic nitrogens is 3. The number of anilines is 2. The molecule has 2 heterocycles. The van der Waals surface area contributed by atoms with Gasteiger partial charge in [0, 0.05) is 35.4 Å². The van der Waals surface area contributed by atoms with Gasteiger partial charge in [0.25, 0.3) is 0 Å². The third-order valence-electron chi connectivity index (χ3n) is 3.22. The van der Waals surface area contributed by atoms with Gasteiger partial charge in [0.2, 0.25) is 0 Å². The van der Waals surface area contributed by atoms with Crippen molar-refractivity contribution in [1.82, 2.24) is 15.0 Å². The Hall–Kier alpha value is -2.82. The summed E-state index contributed by atoms with van der Waals surface area (Å²) in [5, 5.41) is 3.19. The highest BCUT2D eigenvalue weighted by Gasteiger charge is 2.06. The lowest BCUT2D eigenvalue weighted by atomic mass is 10.2. The lowest BCUT2D eigenvalue weighted by molar-refractivity contribution is 0.619. The molecule has 0 fully saturated rings. The minimum Gasteiger partial charge on any atom is -0.340 e. The monoisotopic (exact) mass is 294 g/mol. The zero-order valence-electron chi connectivity index (χ0n) is 12.3. The lowest BCUT2D eigenvalue weighted by Gasteiger charge is -2.09. The number of hydrogen-bond donors (Lipinski definition) is 1. The maximum atomic E-state index is 13.3. The van der Waals surface area contributed by atoms with E-state index in [0.717, 1.165) is 16.9 Å². The number of nitrogens with zero attached hydrogens (tertiary/aromatic N) is 3. The molecular weight excluding hydrogens is 279 g/mol. The van der Waals surface area contributed by atoms with Gasteiger partial charge in [-0.1, -0.05) is 0 Å². The van der Waals surface area contributed by atoms with Gasteiger partial charge in [0.1, 0.15) is 11.6 Å². The molecule has 2 aromatic heterocycles. The predicted octanol–water partition coefficient (Wildman–Crippen LogP) is 4.04. The first-order valence-electron chi connectivity index (χ1n) is 6.91. The minimum atomic E-state index is -0.220. The van der Waals surface area contributed by atoms with Crippen LogP contribution in [0.1, 0.15) is 11.3 Å². The lowest BCUT2D eigenvalue weighted by Crippen LogP contribution is -1.99. The summed E-state index contributed by atoms with van der Waals surface area (Å²) in [6.07, 6.45) is 3.41. The summed E-state index contributed by atoms with van der Waals surface area (Å²) in [6.45, 7) is 3.64. The molecular formula is C17H15FN4. The molecule has 3 aromatic rings. The van der Waals surface area contributed by atoms with Crippen molar-refractivity contribution in [3.05, 3.63) is 65.9 Å². The highest BCUT2D eigenvalue weighted by atomic mass is 19.1. The van der Waals surface area contributed by atoms with Crippen molar-refractivity contribution in [2.45, 2.75) is 13.8 Å². The van der Waals surface area contributed by atoms with E-state index in [4.69, 9.17) is 0 Å². The van der Waals surface area contributed by atoms with Crippen molar-refractivity contribution in [2.24, 2.45) is 0 Å². The maximum Gasteiger partial charge on any atom is 0.161 e. The molecule has 0 atom stereocenters. The molecule has 110 valence electrons. The smallest absolute Gasteiger partial charge is 0.161 e. The van der Waals surface area contributed by atoms with Crippen LogP contribution in [0.2, 0.25) is 0 Å². The van der Waals surface area contributed by atoms with Crippen LogP contribution in [-0.2, 0) is 0 Å².